The second-order valence-electron chi connectivity index (χ2n) is 5.53. The molecule has 0 aromatic heterocycles. The second-order valence-corrected chi connectivity index (χ2v) is 5.53. The Bertz CT molecular complexity index is 611. The van der Waals surface area contributed by atoms with Crippen molar-refractivity contribution in [3.05, 3.63) is 46.3 Å². The third-order valence-electron chi connectivity index (χ3n) is 3.40. The van der Waals surface area contributed by atoms with Gasteiger partial charge in [-0.3, -0.25) is 0 Å². The van der Waals surface area contributed by atoms with Crippen LogP contribution >= 0.6 is 0 Å². The lowest BCUT2D eigenvalue weighted by Crippen LogP contribution is -2.19. The number of hydrogen-bond acceptors (Lipinski definition) is 2. The summed E-state index contributed by atoms with van der Waals surface area (Å²) in [6.07, 6.45) is 4.48. The summed E-state index contributed by atoms with van der Waals surface area (Å²) < 4.78 is 71.0. The first-order valence-corrected chi connectivity index (χ1v) is 7.60. The number of halogens is 5. The molecule has 0 aliphatic carbocycles. The number of rotatable bonds is 7. The number of ether oxygens (including phenoxy) is 1. The Labute approximate surface area is 137 Å². The van der Waals surface area contributed by atoms with Crippen LogP contribution in [-0.4, -0.2) is 12.1 Å². The molecule has 0 radical (unpaired) electrons. The van der Waals surface area contributed by atoms with Crippen molar-refractivity contribution in [2.45, 2.75) is 52.6 Å². The monoisotopic (exact) mass is 350 g/mol. The predicted octanol–water partition coefficient (Wildman–Crippen LogP) is 5.45. The highest BCUT2D eigenvalue weighted by Gasteiger charge is 2.31. The van der Waals surface area contributed by atoms with Crippen LogP contribution in [-0.2, 0) is 4.74 Å². The number of unbranched alkanes of at least 4 members (excludes halogenated alkanes) is 2. The van der Waals surface area contributed by atoms with E-state index >= 15 is 0 Å². The Morgan fingerprint density at radius 2 is 1.50 bits per heavy atom. The fourth-order valence-electron chi connectivity index (χ4n) is 2.18. The summed E-state index contributed by atoms with van der Waals surface area (Å²) in [4.78, 5) is 11.8. The zero-order chi connectivity index (χ0) is 18.4. The summed E-state index contributed by atoms with van der Waals surface area (Å²) >= 11 is 0. The maximum atomic E-state index is 13.5. The summed E-state index contributed by atoms with van der Waals surface area (Å²) in [5, 5.41) is 0. The van der Waals surface area contributed by atoms with Gasteiger partial charge in [0.1, 0.15) is 11.7 Å². The van der Waals surface area contributed by atoms with E-state index in [-0.39, 0.29) is 0 Å². The van der Waals surface area contributed by atoms with Crippen LogP contribution in [0.2, 0.25) is 0 Å². The van der Waals surface area contributed by atoms with Crippen LogP contribution in [0.1, 0.15) is 56.8 Å². The lowest BCUT2D eigenvalue weighted by atomic mass is 10.1. The third kappa shape index (κ3) is 4.79. The van der Waals surface area contributed by atoms with Crippen molar-refractivity contribution in [1.29, 1.82) is 0 Å². The molecule has 24 heavy (non-hydrogen) atoms. The standard InChI is InChI=1S/C17H19F5O2/c1-4-5-6-7-9(2)8-10(3)24-17(23)11-12(18)14(20)16(22)15(21)13(11)19/h8,10H,4-7H2,1-3H3/b9-8+. The highest BCUT2D eigenvalue weighted by atomic mass is 19.2. The molecule has 0 bridgehead atoms. The fraction of sp³-hybridized carbons (Fsp3) is 0.471. The van der Waals surface area contributed by atoms with Crippen molar-refractivity contribution in [3.63, 3.8) is 0 Å². The first-order chi connectivity index (χ1) is 11.2. The molecule has 0 N–H and O–H groups in total. The van der Waals surface area contributed by atoms with E-state index in [1.165, 1.54) is 6.92 Å². The summed E-state index contributed by atoms with van der Waals surface area (Å²) in [5.41, 5.74) is -0.684. The maximum absolute atomic E-state index is 13.5. The molecule has 0 aliphatic rings. The normalized spacial score (nSPS) is 13.1. The fourth-order valence-corrected chi connectivity index (χ4v) is 2.18. The third-order valence-corrected chi connectivity index (χ3v) is 3.40. The lowest BCUT2D eigenvalue weighted by molar-refractivity contribution is 0.0408. The Hall–Kier alpha value is -1.92. The molecule has 7 heteroatoms. The van der Waals surface area contributed by atoms with E-state index < -0.39 is 46.7 Å². The summed E-state index contributed by atoms with van der Waals surface area (Å²) in [6, 6.07) is 0. The molecule has 1 rings (SSSR count). The maximum Gasteiger partial charge on any atom is 0.344 e. The van der Waals surface area contributed by atoms with Crippen molar-refractivity contribution in [2.24, 2.45) is 0 Å². The molecule has 0 heterocycles. The average Bonchev–Trinajstić information content (AvgIpc) is 2.51. The number of allylic oxidation sites excluding steroid dienone is 1. The van der Waals surface area contributed by atoms with E-state index in [1.54, 1.807) is 13.0 Å². The number of carbonyl (C=O) groups excluding carboxylic acids is 1. The Morgan fingerprint density at radius 1 is 1.00 bits per heavy atom. The van der Waals surface area contributed by atoms with Crippen molar-refractivity contribution < 1.29 is 31.5 Å². The van der Waals surface area contributed by atoms with Crippen molar-refractivity contribution in [3.8, 4) is 0 Å². The smallest absolute Gasteiger partial charge is 0.344 e. The average molecular weight is 350 g/mol. The van der Waals surface area contributed by atoms with Crippen molar-refractivity contribution in [1.82, 2.24) is 0 Å². The minimum Gasteiger partial charge on any atom is -0.455 e. The van der Waals surface area contributed by atoms with Crippen LogP contribution in [0.15, 0.2) is 11.6 Å². The van der Waals surface area contributed by atoms with E-state index in [4.69, 9.17) is 4.74 Å². The van der Waals surface area contributed by atoms with Gasteiger partial charge in [-0.1, -0.05) is 25.3 Å². The van der Waals surface area contributed by atoms with Gasteiger partial charge in [0.05, 0.1) is 0 Å². The van der Waals surface area contributed by atoms with Gasteiger partial charge in [-0.15, -0.1) is 0 Å². The minimum absolute atomic E-state index is 0.762. The predicted molar refractivity (Wildman–Crippen MR) is 79.0 cm³/mol. The number of hydrogen-bond donors (Lipinski definition) is 0. The first kappa shape index (κ1) is 20.1. The number of benzene rings is 1. The van der Waals surface area contributed by atoms with E-state index in [0.29, 0.717) is 0 Å². The van der Waals surface area contributed by atoms with Gasteiger partial charge in [0.15, 0.2) is 23.3 Å². The van der Waals surface area contributed by atoms with E-state index in [0.717, 1.165) is 31.3 Å². The summed E-state index contributed by atoms with van der Waals surface area (Å²) in [5.74, 6) is -12.7. The Morgan fingerprint density at radius 3 is 2.00 bits per heavy atom. The van der Waals surface area contributed by atoms with Crippen LogP contribution in [0, 0.1) is 29.1 Å². The quantitative estimate of drug-likeness (QED) is 0.163. The molecule has 0 fully saturated rings. The van der Waals surface area contributed by atoms with E-state index in [2.05, 4.69) is 0 Å². The van der Waals surface area contributed by atoms with Gasteiger partial charge >= 0.3 is 5.97 Å². The van der Waals surface area contributed by atoms with Crippen LogP contribution in [0.25, 0.3) is 0 Å². The van der Waals surface area contributed by atoms with Gasteiger partial charge < -0.3 is 4.74 Å². The zero-order valence-corrected chi connectivity index (χ0v) is 13.7. The largest absolute Gasteiger partial charge is 0.455 e. The molecule has 0 saturated heterocycles. The van der Waals surface area contributed by atoms with Gasteiger partial charge in [0.2, 0.25) is 5.82 Å². The molecule has 134 valence electrons. The number of carbonyl (C=O) groups is 1. The van der Waals surface area contributed by atoms with Gasteiger partial charge in [-0.25, -0.2) is 26.7 Å². The van der Waals surface area contributed by atoms with Crippen molar-refractivity contribution >= 4 is 5.97 Å². The van der Waals surface area contributed by atoms with E-state index in [9.17, 15) is 26.7 Å². The highest BCUT2D eigenvalue weighted by Crippen LogP contribution is 2.24. The topological polar surface area (TPSA) is 26.3 Å². The molecular weight excluding hydrogens is 331 g/mol. The minimum atomic E-state index is -2.32. The van der Waals surface area contributed by atoms with Crippen LogP contribution in [0.3, 0.4) is 0 Å². The molecule has 1 atom stereocenters. The van der Waals surface area contributed by atoms with Crippen LogP contribution < -0.4 is 0 Å². The molecule has 0 amide bonds. The highest BCUT2D eigenvalue weighted by molar-refractivity contribution is 5.90. The van der Waals surface area contributed by atoms with Crippen molar-refractivity contribution in [2.75, 3.05) is 0 Å². The summed E-state index contributed by atoms with van der Waals surface area (Å²) in [7, 11) is 0. The second kappa shape index (κ2) is 8.80. The van der Waals surface area contributed by atoms with Gasteiger partial charge in [0, 0.05) is 0 Å². The summed E-state index contributed by atoms with van der Waals surface area (Å²) in [6.45, 7) is 5.29. The molecule has 0 saturated carbocycles. The molecule has 1 unspecified atom stereocenters. The molecular formula is C17H19F5O2. The van der Waals surface area contributed by atoms with Crippen LogP contribution in [0.5, 0.6) is 0 Å². The van der Waals surface area contributed by atoms with Gasteiger partial charge in [-0.05, 0) is 32.8 Å². The molecule has 1 aromatic rings. The number of esters is 1. The Balaban J connectivity index is 2.91. The SMILES string of the molecule is CCCCC/C(C)=C/C(C)OC(=O)c1c(F)c(F)c(F)c(F)c1F. The molecule has 0 aliphatic heterocycles. The van der Waals surface area contributed by atoms with Crippen LogP contribution in [0.4, 0.5) is 22.0 Å². The first-order valence-electron chi connectivity index (χ1n) is 7.60. The van der Waals surface area contributed by atoms with Gasteiger partial charge in [0.25, 0.3) is 0 Å². The van der Waals surface area contributed by atoms with E-state index in [1.807, 2.05) is 6.92 Å². The molecule has 0 spiro atoms. The lowest BCUT2D eigenvalue weighted by Gasteiger charge is -2.13. The molecule has 1 aromatic carbocycles. The molecule has 2 nitrogen and oxygen atoms in total. The zero-order valence-electron chi connectivity index (χ0n) is 13.7. The van der Waals surface area contributed by atoms with Gasteiger partial charge in [-0.2, -0.15) is 0 Å². The Kier molecular flexibility index (Phi) is 7.38.